The molecule has 1 amide bonds. The molecule has 31 heavy (non-hydrogen) atoms. The summed E-state index contributed by atoms with van der Waals surface area (Å²) in [5.74, 6) is -1.02. The first-order valence-corrected chi connectivity index (χ1v) is 10.4. The summed E-state index contributed by atoms with van der Waals surface area (Å²) in [7, 11) is 0. The number of ether oxygens (including phenoxy) is 1. The van der Waals surface area contributed by atoms with Gasteiger partial charge in [0.2, 0.25) is 0 Å². The molecule has 0 saturated carbocycles. The molecule has 0 bridgehead atoms. The molecule has 2 heterocycles. The van der Waals surface area contributed by atoms with Crippen LogP contribution in [0.25, 0.3) is 10.9 Å². The molecule has 0 unspecified atom stereocenters. The second kappa shape index (κ2) is 9.12. The molecule has 6 nitrogen and oxygen atoms in total. The van der Waals surface area contributed by atoms with Crippen LogP contribution in [0.2, 0.25) is 0 Å². The number of esters is 1. The van der Waals surface area contributed by atoms with Crippen LogP contribution in [-0.4, -0.2) is 54.5 Å². The van der Waals surface area contributed by atoms with E-state index in [9.17, 15) is 14.0 Å². The van der Waals surface area contributed by atoms with Crippen molar-refractivity contribution in [1.29, 1.82) is 0 Å². The summed E-state index contributed by atoms with van der Waals surface area (Å²) < 4.78 is 18.8. The Bertz CT molecular complexity index is 1120. The van der Waals surface area contributed by atoms with Crippen molar-refractivity contribution in [2.45, 2.75) is 13.3 Å². The first kappa shape index (κ1) is 20.8. The molecule has 1 aliphatic heterocycles. The lowest BCUT2D eigenvalue weighted by Gasteiger charge is -2.26. The number of aromatic nitrogens is 1. The zero-order valence-corrected chi connectivity index (χ0v) is 17.4. The third kappa shape index (κ3) is 4.35. The van der Waals surface area contributed by atoms with Crippen LogP contribution in [0.1, 0.15) is 34.1 Å². The van der Waals surface area contributed by atoms with E-state index in [1.165, 1.54) is 12.1 Å². The van der Waals surface area contributed by atoms with Gasteiger partial charge in [-0.3, -0.25) is 9.78 Å². The molecule has 0 radical (unpaired) electrons. The summed E-state index contributed by atoms with van der Waals surface area (Å²) >= 11 is 0. The van der Waals surface area contributed by atoms with Gasteiger partial charge in [-0.15, -0.1) is 0 Å². The smallest absolute Gasteiger partial charge is 0.341 e. The van der Waals surface area contributed by atoms with Crippen molar-refractivity contribution in [3.05, 3.63) is 71.7 Å². The zero-order chi connectivity index (χ0) is 21.8. The Kier molecular flexibility index (Phi) is 6.11. The lowest BCUT2D eigenvalue weighted by Crippen LogP contribution is -2.35. The fourth-order valence-corrected chi connectivity index (χ4v) is 3.97. The van der Waals surface area contributed by atoms with Gasteiger partial charge in [0, 0.05) is 43.3 Å². The predicted molar refractivity (Wildman–Crippen MR) is 117 cm³/mol. The van der Waals surface area contributed by atoms with Crippen LogP contribution in [0.4, 0.5) is 10.1 Å². The summed E-state index contributed by atoms with van der Waals surface area (Å²) in [5, 5.41) is 0.873. The van der Waals surface area contributed by atoms with Gasteiger partial charge in [-0.1, -0.05) is 24.3 Å². The Balaban J connectivity index is 1.64. The third-order valence-corrected chi connectivity index (χ3v) is 5.41. The molecule has 0 N–H and O–H groups in total. The van der Waals surface area contributed by atoms with Crippen LogP contribution in [0.3, 0.4) is 0 Å². The maximum absolute atomic E-state index is 13.6. The van der Waals surface area contributed by atoms with Crippen LogP contribution >= 0.6 is 0 Å². The van der Waals surface area contributed by atoms with Crippen LogP contribution < -0.4 is 4.90 Å². The number of rotatable bonds is 4. The molecule has 4 rings (SSSR count). The third-order valence-electron chi connectivity index (χ3n) is 5.41. The molecule has 7 heteroatoms. The van der Waals surface area contributed by atoms with Crippen molar-refractivity contribution in [2.24, 2.45) is 0 Å². The number of nitrogens with zero attached hydrogens (tertiary/aromatic N) is 3. The Hall–Kier alpha value is -3.48. The van der Waals surface area contributed by atoms with Gasteiger partial charge in [0.15, 0.2) is 0 Å². The fourth-order valence-electron chi connectivity index (χ4n) is 3.97. The number of halogens is 1. The number of hydrogen-bond donors (Lipinski definition) is 0. The highest BCUT2D eigenvalue weighted by molar-refractivity contribution is 6.05. The predicted octanol–water partition coefficient (Wildman–Crippen LogP) is 3.90. The molecule has 0 atom stereocenters. The van der Waals surface area contributed by atoms with E-state index in [2.05, 4.69) is 9.88 Å². The van der Waals surface area contributed by atoms with E-state index in [1.54, 1.807) is 30.2 Å². The van der Waals surface area contributed by atoms with Crippen molar-refractivity contribution in [2.75, 3.05) is 37.7 Å². The van der Waals surface area contributed by atoms with Crippen LogP contribution in [0.15, 0.2) is 54.7 Å². The first-order valence-electron chi connectivity index (χ1n) is 10.4. The molecule has 1 aromatic heterocycles. The lowest BCUT2D eigenvalue weighted by atomic mass is 10.1. The zero-order valence-electron chi connectivity index (χ0n) is 17.4. The molecule has 0 aliphatic carbocycles. The Labute approximate surface area is 180 Å². The minimum atomic E-state index is -0.426. The van der Waals surface area contributed by atoms with E-state index in [1.807, 2.05) is 24.3 Å². The van der Waals surface area contributed by atoms with Crippen molar-refractivity contribution < 1.29 is 18.7 Å². The highest BCUT2D eigenvalue weighted by atomic mass is 19.1. The van der Waals surface area contributed by atoms with Crippen molar-refractivity contribution in [3.63, 3.8) is 0 Å². The lowest BCUT2D eigenvalue weighted by molar-refractivity contribution is 0.0526. The van der Waals surface area contributed by atoms with E-state index in [4.69, 9.17) is 4.74 Å². The van der Waals surface area contributed by atoms with Gasteiger partial charge in [-0.25, -0.2) is 9.18 Å². The van der Waals surface area contributed by atoms with E-state index in [0.717, 1.165) is 23.0 Å². The highest BCUT2D eigenvalue weighted by Gasteiger charge is 2.25. The van der Waals surface area contributed by atoms with Crippen molar-refractivity contribution in [3.8, 4) is 0 Å². The van der Waals surface area contributed by atoms with Crippen molar-refractivity contribution >= 4 is 28.5 Å². The number of benzene rings is 2. The first-order chi connectivity index (χ1) is 15.1. The number of anilines is 1. The second-order valence-corrected chi connectivity index (χ2v) is 7.40. The molecular formula is C24H24FN3O3. The highest BCUT2D eigenvalue weighted by Crippen LogP contribution is 2.31. The molecule has 1 fully saturated rings. The summed E-state index contributed by atoms with van der Waals surface area (Å²) in [6, 6.07) is 13.4. The fraction of sp³-hybridized carbons (Fsp3) is 0.292. The van der Waals surface area contributed by atoms with Crippen LogP contribution in [0.5, 0.6) is 0 Å². The second-order valence-electron chi connectivity index (χ2n) is 7.40. The quantitative estimate of drug-likeness (QED) is 0.598. The SMILES string of the molecule is CCOC(=O)c1cnc2ccccc2c1N1CCCN(C(=O)c2cccc(F)c2)CC1. The number of para-hydroxylation sites is 1. The number of pyridine rings is 1. The van der Waals surface area contributed by atoms with Gasteiger partial charge >= 0.3 is 5.97 Å². The molecule has 0 spiro atoms. The molecule has 2 aromatic carbocycles. The summed E-state index contributed by atoms with van der Waals surface area (Å²) in [6.45, 7) is 4.29. The maximum Gasteiger partial charge on any atom is 0.341 e. The van der Waals surface area contributed by atoms with E-state index >= 15 is 0 Å². The Morgan fingerprint density at radius 2 is 1.90 bits per heavy atom. The van der Waals surface area contributed by atoms with E-state index in [0.29, 0.717) is 37.3 Å². The molecular weight excluding hydrogens is 397 g/mol. The van der Waals surface area contributed by atoms with Gasteiger partial charge < -0.3 is 14.5 Å². The minimum Gasteiger partial charge on any atom is -0.462 e. The van der Waals surface area contributed by atoms with E-state index < -0.39 is 11.8 Å². The Morgan fingerprint density at radius 3 is 2.71 bits per heavy atom. The number of carbonyl (C=O) groups excluding carboxylic acids is 2. The summed E-state index contributed by atoms with van der Waals surface area (Å²) in [5.41, 5.74) is 2.34. The maximum atomic E-state index is 13.6. The summed E-state index contributed by atoms with van der Waals surface area (Å²) in [6.07, 6.45) is 2.29. The Morgan fingerprint density at radius 1 is 1.06 bits per heavy atom. The monoisotopic (exact) mass is 421 g/mol. The normalized spacial score (nSPS) is 14.4. The molecule has 1 saturated heterocycles. The molecule has 1 aliphatic rings. The van der Waals surface area contributed by atoms with Crippen molar-refractivity contribution in [1.82, 2.24) is 9.88 Å². The van der Waals surface area contributed by atoms with Gasteiger partial charge in [0.1, 0.15) is 11.4 Å². The minimum absolute atomic E-state index is 0.188. The van der Waals surface area contributed by atoms with Crippen LogP contribution in [0, 0.1) is 5.82 Å². The standard InChI is InChI=1S/C24H24FN3O3/c1-2-31-24(30)20-16-26-21-10-4-3-9-19(21)22(20)27-11-6-12-28(14-13-27)23(29)17-7-5-8-18(25)15-17/h3-5,7-10,15-16H,2,6,11-14H2,1H3. The topological polar surface area (TPSA) is 62.7 Å². The average molecular weight is 421 g/mol. The van der Waals surface area contributed by atoms with Gasteiger partial charge in [-0.2, -0.15) is 0 Å². The van der Waals surface area contributed by atoms with Gasteiger partial charge in [0.25, 0.3) is 5.91 Å². The summed E-state index contributed by atoms with van der Waals surface area (Å²) in [4.78, 5) is 33.8. The largest absolute Gasteiger partial charge is 0.462 e. The number of amides is 1. The average Bonchev–Trinajstić information content (AvgIpc) is 3.04. The molecule has 3 aromatic rings. The number of hydrogen-bond acceptors (Lipinski definition) is 5. The van der Waals surface area contributed by atoms with Crippen LogP contribution in [-0.2, 0) is 4.74 Å². The van der Waals surface area contributed by atoms with Gasteiger partial charge in [0.05, 0.1) is 17.8 Å². The van der Waals surface area contributed by atoms with E-state index in [-0.39, 0.29) is 12.5 Å². The van der Waals surface area contributed by atoms with Gasteiger partial charge in [-0.05, 0) is 37.6 Å². The number of fused-ring (bicyclic) bond motifs is 1. The molecule has 160 valence electrons. The number of carbonyl (C=O) groups is 2.